The first-order chi connectivity index (χ1) is 7.68. The van der Waals surface area contributed by atoms with Gasteiger partial charge in [-0.05, 0) is 18.6 Å². The van der Waals surface area contributed by atoms with Crippen LogP contribution >= 0.6 is 0 Å². The van der Waals surface area contributed by atoms with Crippen LogP contribution in [0.2, 0.25) is 0 Å². The Balaban J connectivity index is 2.11. The van der Waals surface area contributed by atoms with Gasteiger partial charge in [0.05, 0.1) is 5.92 Å². The van der Waals surface area contributed by atoms with E-state index in [1.165, 1.54) is 0 Å². The van der Waals surface area contributed by atoms with Crippen molar-refractivity contribution in [3.63, 3.8) is 0 Å². The monoisotopic (exact) mass is 220 g/mol. The third-order valence-electron chi connectivity index (χ3n) is 2.75. The summed E-state index contributed by atoms with van der Waals surface area (Å²) >= 11 is 0. The highest BCUT2D eigenvalue weighted by atomic mass is 16.4. The van der Waals surface area contributed by atoms with Crippen molar-refractivity contribution in [2.24, 2.45) is 5.92 Å². The lowest BCUT2D eigenvalue weighted by molar-refractivity contribution is -0.144. The molecule has 5 heteroatoms. The van der Waals surface area contributed by atoms with Crippen LogP contribution in [0.1, 0.15) is 12.8 Å². The van der Waals surface area contributed by atoms with Crippen LogP contribution in [0.25, 0.3) is 0 Å². The Morgan fingerprint density at radius 3 is 2.69 bits per heavy atom. The molecule has 0 aliphatic carbocycles. The van der Waals surface area contributed by atoms with Crippen molar-refractivity contribution < 1.29 is 14.7 Å². The van der Waals surface area contributed by atoms with Crippen LogP contribution in [-0.2, 0) is 9.59 Å². The molecule has 0 aromatic carbocycles. The Morgan fingerprint density at radius 2 is 2.12 bits per heavy atom. The summed E-state index contributed by atoms with van der Waals surface area (Å²) in [6.45, 7) is 0.458. The number of hydrogen-bond donors (Lipinski definition) is 1. The maximum absolute atomic E-state index is 11.8. The van der Waals surface area contributed by atoms with Gasteiger partial charge in [0, 0.05) is 31.0 Å². The quantitative estimate of drug-likeness (QED) is 0.804. The Hall–Kier alpha value is -1.91. The van der Waals surface area contributed by atoms with Crippen molar-refractivity contribution in [1.29, 1.82) is 0 Å². The number of rotatable bonds is 2. The van der Waals surface area contributed by atoms with E-state index in [1.807, 2.05) is 0 Å². The first-order valence-corrected chi connectivity index (χ1v) is 5.11. The number of amides is 1. The molecule has 0 saturated carbocycles. The molecule has 5 nitrogen and oxygen atoms in total. The van der Waals surface area contributed by atoms with Gasteiger partial charge in [-0.2, -0.15) is 0 Å². The largest absolute Gasteiger partial charge is 0.481 e. The molecule has 1 aromatic rings. The molecule has 1 aliphatic heterocycles. The van der Waals surface area contributed by atoms with Gasteiger partial charge in [-0.15, -0.1) is 0 Å². The fraction of sp³-hybridized carbons (Fsp3) is 0.364. The Labute approximate surface area is 92.7 Å². The summed E-state index contributed by atoms with van der Waals surface area (Å²) in [7, 11) is 0. The number of nitrogens with zero attached hydrogens (tertiary/aromatic N) is 2. The highest BCUT2D eigenvalue weighted by molar-refractivity contribution is 5.96. The topological polar surface area (TPSA) is 70.5 Å². The molecule has 0 unspecified atom stereocenters. The molecule has 2 rings (SSSR count). The fourth-order valence-electron chi connectivity index (χ4n) is 1.84. The number of carboxylic acids is 1. The Morgan fingerprint density at radius 1 is 1.44 bits per heavy atom. The maximum atomic E-state index is 11.8. The SMILES string of the molecule is O=C(O)[C@@H]1CCN(c2ccncc2)C(=O)C1. The lowest BCUT2D eigenvalue weighted by atomic mass is 9.96. The van der Waals surface area contributed by atoms with Gasteiger partial charge in [0.2, 0.25) is 5.91 Å². The lowest BCUT2D eigenvalue weighted by Crippen LogP contribution is -2.40. The minimum Gasteiger partial charge on any atom is -0.481 e. The van der Waals surface area contributed by atoms with Crippen LogP contribution in [0, 0.1) is 5.92 Å². The number of aromatic nitrogens is 1. The van der Waals surface area contributed by atoms with E-state index >= 15 is 0 Å². The van der Waals surface area contributed by atoms with E-state index in [0.717, 1.165) is 5.69 Å². The summed E-state index contributed by atoms with van der Waals surface area (Å²) < 4.78 is 0. The van der Waals surface area contributed by atoms with E-state index in [-0.39, 0.29) is 12.3 Å². The summed E-state index contributed by atoms with van der Waals surface area (Å²) in [5, 5.41) is 8.83. The van der Waals surface area contributed by atoms with Gasteiger partial charge in [0.25, 0.3) is 0 Å². The number of hydrogen-bond acceptors (Lipinski definition) is 3. The minimum atomic E-state index is -0.886. The molecule has 16 heavy (non-hydrogen) atoms. The zero-order valence-corrected chi connectivity index (χ0v) is 8.67. The normalized spacial score (nSPS) is 20.9. The summed E-state index contributed by atoms with van der Waals surface area (Å²) in [4.78, 5) is 28.0. The second-order valence-electron chi connectivity index (χ2n) is 3.78. The molecule has 1 atom stereocenters. The van der Waals surface area contributed by atoms with E-state index in [9.17, 15) is 9.59 Å². The zero-order chi connectivity index (χ0) is 11.5. The summed E-state index contributed by atoms with van der Waals surface area (Å²) in [5.41, 5.74) is 0.781. The number of piperidine rings is 1. The average Bonchev–Trinajstić information content (AvgIpc) is 2.30. The van der Waals surface area contributed by atoms with Gasteiger partial charge >= 0.3 is 5.97 Å². The summed E-state index contributed by atoms with van der Waals surface area (Å²) in [6.07, 6.45) is 3.82. The first-order valence-electron chi connectivity index (χ1n) is 5.11. The fourth-order valence-corrected chi connectivity index (χ4v) is 1.84. The number of carboxylic acid groups (broad SMARTS) is 1. The van der Waals surface area contributed by atoms with Crippen LogP contribution in [-0.4, -0.2) is 28.5 Å². The van der Waals surface area contributed by atoms with Gasteiger partial charge in [-0.1, -0.05) is 0 Å². The van der Waals surface area contributed by atoms with E-state index in [4.69, 9.17) is 5.11 Å². The molecule has 0 bridgehead atoms. The number of pyridine rings is 1. The van der Waals surface area contributed by atoms with Crippen molar-refractivity contribution in [3.05, 3.63) is 24.5 Å². The maximum Gasteiger partial charge on any atom is 0.307 e. The van der Waals surface area contributed by atoms with E-state index < -0.39 is 11.9 Å². The van der Waals surface area contributed by atoms with Crippen LogP contribution < -0.4 is 4.90 Å². The van der Waals surface area contributed by atoms with Crippen molar-refractivity contribution in [1.82, 2.24) is 4.98 Å². The molecule has 0 radical (unpaired) electrons. The molecule has 1 amide bonds. The molecule has 1 N–H and O–H groups in total. The zero-order valence-electron chi connectivity index (χ0n) is 8.67. The molecule has 0 spiro atoms. The minimum absolute atomic E-state index is 0.0810. The van der Waals surface area contributed by atoms with Gasteiger partial charge in [-0.25, -0.2) is 0 Å². The van der Waals surface area contributed by atoms with Crippen molar-refractivity contribution in [3.8, 4) is 0 Å². The predicted octanol–water partition coefficient (Wildman–Crippen LogP) is 0.909. The van der Waals surface area contributed by atoms with Crippen molar-refractivity contribution in [2.75, 3.05) is 11.4 Å². The van der Waals surface area contributed by atoms with Crippen LogP contribution in [0.15, 0.2) is 24.5 Å². The lowest BCUT2D eigenvalue weighted by Gasteiger charge is -2.29. The highest BCUT2D eigenvalue weighted by Gasteiger charge is 2.30. The average molecular weight is 220 g/mol. The molecular formula is C11H12N2O3. The van der Waals surface area contributed by atoms with Crippen LogP contribution in [0.4, 0.5) is 5.69 Å². The third kappa shape index (κ3) is 2.03. The molecule has 1 aromatic heterocycles. The molecular weight excluding hydrogens is 208 g/mol. The Bertz CT molecular complexity index is 405. The summed E-state index contributed by atoms with van der Waals surface area (Å²) in [6, 6.07) is 3.50. The van der Waals surface area contributed by atoms with Crippen molar-refractivity contribution >= 4 is 17.6 Å². The number of carbonyl (C=O) groups excluding carboxylic acids is 1. The van der Waals surface area contributed by atoms with Gasteiger partial charge in [-0.3, -0.25) is 14.6 Å². The molecule has 1 aliphatic rings. The van der Waals surface area contributed by atoms with Gasteiger partial charge < -0.3 is 10.0 Å². The number of carbonyl (C=O) groups is 2. The molecule has 1 saturated heterocycles. The standard InChI is InChI=1S/C11H12N2O3/c14-10-7-8(11(15)16)3-6-13(10)9-1-4-12-5-2-9/h1-2,4-5,8H,3,6-7H2,(H,15,16)/t8-/m1/s1. The Kier molecular flexibility index (Phi) is 2.85. The van der Waals surface area contributed by atoms with Crippen LogP contribution in [0.3, 0.4) is 0 Å². The molecule has 1 fully saturated rings. The van der Waals surface area contributed by atoms with E-state index in [0.29, 0.717) is 13.0 Å². The predicted molar refractivity (Wildman–Crippen MR) is 56.9 cm³/mol. The van der Waals surface area contributed by atoms with Crippen LogP contribution in [0.5, 0.6) is 0 Å². The summed E-state index contributed by atoms with van der Waals surface area (Å²) in [5.74, 6) is -1.56. The first kappa shape index (κ1) is 10.6. The van der Waals surface area contributed by atoms with Crippen molar-refractivity contribution in [2.45, 2.75) is 12.8 Å². The molecule has 84 valence electrons. The second-order valence-corrected chi connectivity index (χ2v) is 3.78. The van der Waals surface area contributed by atoms with Gasteiger partial charge in [0.1, 0.15) is 0 Å². The smallest absolute Gasteiger partial charge is 0.307 e. The second kappa shape index (κ2) is 4.30. The number of aliphatic carboxylic acids is 1. The third-order valence-corrected chi connectivity index (χ3v) is 2.75. The number of anilines is 1. The van der Waals surface area contributed by atoms with Gasteiger partial charge in [0.15, 0.2) is 0 Å². The van der Waals surface area contributed by atoms with E-state index in [2.05, 4.69) is 4.98 Å². The molecule has 2 heterocycles. The van der Waals surface area contributed by atoms with E-state index in [1.54, 1.807) is 29.4 Å². The highest BCUT2D eigenvalue weighted by Crippen LogP contribution is 2.23.